The highest BCUT2D eigenvalue weighted by molar-refractivity contribution is 5.78. The Morgan fingerprint density at radius 1 is 1.20 bits per heavy atom. The molecule has 0 unspecified atom stereocenters. The second kappa shape index (κ2) is 7.40. The van der Waals surface area contributed by atoms with Gasteiger partial charge in [-0.05, 0) is 31.4 Å². The summed E-state index contributed by atoms with van der Waals surface area (Å²) in [4.78, 5) is 19.3. The van der Waals surface area contributed by atoms with E-state index in [9.17, 15) is 4.79 Å². The van der Waals surface area contributed by atoms with Crippen LogP contribution >= 0.6 is 0 Å². The summed E-state index contributed by atoms with van der Waals surface area (Å²) in [5.74, 6) is 0.600. The Labute approximate surface area is 148 Å². The van der Waals surface area contributed by atoms with Crippen LogP contribution in [0.2, 0.25) is 0 Å². The maximum Gasteiger partial charge on any atom is 0.226 e. The van der Waals surface area contributed by atoms with Crippen LogP contribution in [0.25, 0.3) is 11.5 Å². The first-order chi connectivity index (χ1) is 12.3. The third kappa shape index (κ3) is 3.93. The minimum atomic E-state index is 0.0335. The van der Waals surface area contributed by atoms with Crippen LogP contribution in [0.15, 0.2) is 41.0 Å². The first kappa shape index (κ1) is 16.3. The molecule has 0 spiro atoms. The number of aromatic nitrogens is 1. The Bertz CT molecular complexity index is 707. The summed E-state index contributed by atoms with van der Waals surface area (Å²) in [6, 6.07) is 10.8. The summed E-state index contributed by atoms with van der Waals surface area (Å²) in [5.41, 5.74) is 1.61. The Hall–Kier alpha value is -2.14. The molecule has 1 aromatic heterocycles. The largest absolute Gasteiger partial charge is 0.444 e. The zero-order chi connectivity index (χ0) is 17.1. The molecule has 2 aromatic rings. The molecule has 1 atom stereocenters. The predicted octanol–water partition coefficient (Wildman–Crippen LogP) is 3.02. The molecule has 1 saturated heterocycles. The highest BCUT2D eigenvalue weighted by Crippen LogP contribution is 2.26. The first-order valence-corrected chi connectivity index (χ1v) is 9.31. The average Bonchev–Trinajstić information content (AvgIpc) is 3.37. The number of nitrogens with zero attached hydrogens (tertiary/aromatic N) is 2. The van der Waals surface area contributed by atoms with Gasteiger partial charge in [-0.25, -0.2) is 4.98 Å². The Morgan fingerprint density at radius 2 is 2.00 bits per heavy atom. The average molecular weight is 339 g/mol. The molecule has 0 bridgehead atoms. The van der Waals surface area contributed by atoms with E-state index >= 15 is 0 Å². The Morgan fingerprint density at radius 3 is 2.80 bits per heavy atom. The van der Waals surface area contributed by atoms with Crippen molar-refractivity contribution in [3.8, 4) is 11.5 Å². The van der Waals surface area contributed by atoms with Gasteiger partial charge in [0.2, 0.25) is 11.8 Å². The van der Waals surface area contributed by atoms with E-state index in [1.807, 2.05) is 30.3 Å². The van der Waals surface area contributed by atoms with E-state index in [-0.39, 0.29) is 18.4 Å². The van der Waals surface area contributed by atoms with Crippen LogP contribution in [0.3, 0.4) is 0 Å². The molecule has 25 heavy (non-hydrogen) atoms. The van der Waals surface area contributed by atoms with Crippen molar-refractivity contribution in [2.24, 2.45) is 0 Å². The maximum absolute atomic E-state index is 12.3. The number of hydrogen-bond acceptors (Lipinski definition) is 4. The van der Waals surface area contributed by atoms with Crippen LogP contribution in [-0.2, 0) is 11.2 Å². The van der Waals surface area contributed by atoms with Crippen LogP contribution in [0, 0.1) is 0 Å². The summed E-state index contributed by atoms with van der Waals surface area (Å²) in [7, 11) is 0. The lowest BCUT2D eigenvalue weighted by atomic mass is 10.2. The van der Waals surface area contributed by atoms with Crippen molar-refractivity contribution in [2.75, 3.05) is 13.1 Å². The lowest BCUT2D eigenvalue weighted by molar-refractivity contribution is -0.121. The lowest BCUT2D eigenvalue weighted by Gasteiger charge is -2.23. The SMILES string of the molecule is O=C(Cc1coc(-c2ccccc2)n1)N[C@@H]1CCN(C2CCCC2)C1. The number of rotatable bonds is 5. The fourth-order valence-electron chi connectivity index (χ4n) is 4.05. The van der Waals surface area contributed by atoms with Gasteiger partial charge in [-0.3, -0.25) is 9.69 Å². The van der Waals surface area contributed by atoms with Crippen LogP contribution in [-0.4, -0.2) is 41.0 Å². The number of benzene rings is 1. The zero-order valence-electron chi connectivity index (χ0n) is 14.5. The molecule has 5 nitrogen and oxygen atoms in total. The highest BCUT2D eigenvalue weighted by atomic mass is 16.3. The number of oxazole rings is 1. The van der Waals surface area contributed by atoms with Gasteiger partial charge in [0.1, 0.15) is 6.26 Å². The van der Waals surface area contributed by atoms with Crippen molar-refractivity contribution in [1.29, 1.82) is 0 Å². The summed E-state index contributed by atoms with van der Waals surface area (Å²) >= 11 is 0. The van der Waals surface area contributed by atoms with Gasteiger partial charge in [0.25, 0.3) is 0 Å². The topological polar surface area (TPSA) is 58.4 Å². The molecule has 1 aliphatic carbocycles. The maximum atomic E-state index is 12.3. The van der Waals surface area contributed by atoms with Gasteiger partial charge < -0.3 is 9.73 Å². The van der Waals surface area contributed by atoms with Gasteiger partial charge in [-0.2, -0.15) is 0 Å². The number of likely N-dealkylation sites (tertiary alicyclic amines) is 1. The fraction of sp³-hybridized carbons (Fsp3) is 0.500. The molecule has 5 heteroatoms. The second-order valence-corrected chi connectivity index (χ2v) is 7.17. The minimum Gasteiger partial charge on any atom is -0.444 e. The molecule has 1 aromatic carbocycles. The summed E-state index contributed by atoms with van der Waals surface area (Å²) < 4.78 is 5.51. The number of hydrogen-bond donors (Lipinski definition) is 1. The van der Waals surface area contributed by atoms with Gasteiger partial charge in [-0.15, -0.1) is 0 Å². The van der Waals surface area contributed by atoms with E-state index in [4.69, 9.17) is 4.42 Å². The molecule has 0 radical (unpaired) electrons. The highest BCUT2D eigenvalue weighted by Gasteiger charge is 2.30. The van der Waals surface area contributed by atoms with E-state index in [1.165, 1.54) is 25.7 Å². The molecule has 132 valence electrons. The third-order valence-corrected chi connectivity index (χ3v) is 5.34. The van der Waals surface area contributed by atoms with Gasteiger partial charge >= 0.3 is 0 Å². The quantitative estimate of drug-likeness (QED) is 0.910. The summed E-state index contributed by atoms with van der Waals surface area (Å²) in [5, 5.41) is 3.17. The molecular weight excluding hydrogens is 314 g/mol. The van der Waals surface area contributed by atoms with Gasteiger partial charge in [0, 0.05) is 30.7 Å². The van der Waals surface area contributed by atoms with Gasteiger partial charge in [-0.1, -0.05) is 31.0 Å². The van der Waals surface area contributed by atoms with Crippen molar-refractivity contribution >= 4 is 5.91 Å². The first-order valence-electron chi connectivity index (χ1n) is 9.31. The predicted molar refractivity (Wildman–Crippen MR) is 96.0 cm³/mol. The number of carbonyl (C=O) groups excluding carboxylic acids is 1. The monoisotopic (exact) mass is 339 g/mol. The second-order valence-electron chi connectivity index (χ2n) is 7.17. The van der Waals surface area contributed by atoms with E-state index < -0.39 is 0 Å². The van der Waals surface area contributed by atoms with E-state index in [1.54, 1.807) is 6.26 Å². The number of carbonyl (C=O) groups is 1. The number of amides is 1. The fourth-order valence-corrected chi connectivity index (χ4v) is 4.05. The minimum absolute atomic E-state index is 0.0335. The van der Waals surface area contributed by atoms with Crippen LogP contribution in [0.5, 0.6) is 0 Å². The molecule has 4 rings (SSSR count). The molecule has 1 saturated carbocycles. The number of nitrogens with one attached hydrogen (secondary N) is 1. The normalized spacial score (nSPS) is 21.7. The van der Waals surface area contributed by atoms with E-state index in [2.05, 4.69) is 15.2 Å². The third-order valence-electron chi connectivity index (χ3n) is 5.34. The zero-order valence-corrected chi connectivity index (χ0v) is 14.5. The van der Waals surface area contributed by atoms with Crippen molar-refractivity contribution in [1.82, 2.24) is 15.2 Å². The molecule has 2 heterocycles. The van der Waals surface area contributed by atoms with E-state index in [0.717, 1.165) is 31.1 Å². The van der Waals surface area contributed by atoms with Crippen molar-refractivity contribution in [3.05, 3.63) is 42.3 Å². The van der Waals surface area contributed by atoms with Crippen molar-refractivity contribution in [3.63, 3.8) is 0 Å². The molecule has 1 amide bonds. The Kier molecular flexibility index (Phi) is 4.83. The lowest BCUT2D eigenvalue weighted by Crippen LogP contribution is -2.39. The van der Waals surface area contributed by atoms with Crippen molar-refractivity contribution < 1.29 is 9.21 Å². The van der Waals surface area contributed by atoms with Gasteiger partial charge in [0.05, 0.1) is 12.1 Å². The summed E-state index contributed by atoms with van der Waals surface area (Å²) in [6.45, 7) is 2.10. The standard InChI is InChI=1S/C20H25N3O2/c24-19(21-16-10-11-23(13-16)18-8-4-5-9-18)12-17-14-25-20(22-17)15-6-2-1-3-7-15/h1-3,6-7,14,16,18H,4-5,8-13H2,(H,21,24)/t16-/m1/s1. The molecule has 1 N–H and O–H groups in total. The van der Waals surface area contributed by atoms with Crippen LogP contribution in [0.1, 0.15) is 37.8 Å². The van der Waals surface area contributed by atoms with Crippen LogP contribution in [0.4, 0.5) is 0 Å². The molecular formula is C20H25N3O2. The molecule has 1 aliphatic heterocycles. The van der Waals surface area contributed by atoms with E-state index in [0.29, 0.717) is 11.6 Å². The smallest absolute Gasteiger partial charge is 0.226 e. The van der Waals surface area contributed by atoms with Gasteiger partial charge in [0.15, 0.2) is 0 Å². The van der Waals surface area contributed by atoms with Crippen molar-refractivity contribution in [2.45, 2.75) is 50.6 Å². The molecule has 2 aliphatic rings. The summed E-state index contributed by atoms with van der Waals surface area (Å²) in [6.07, 6.45) is 8.26. The Balaban J connectivity index is 1.29. The molecule has 2 fully saturated rings. The van der Waals surface area contributed by atoms with Crippen LogP contribution < -0.4 is 5.32 Å².